The molecule has 0 aliphatic carbocycles. The number of ether oxygens (including phenoxy) is 2. The van der Waals surface area contributed by atoms with Gasteiger partial charge in [0.1, 0.15) is 5.75 Å². The molecule has 1 N–H and O–H groups in total. The molecule has 0 saturated carbocycles. The van der Waals surface area contributed by atoms with Gasteiger partial charge in [-0.25, -0.2) is 4.79 Å². The van der Waals surface area contributed by atoms with Crippen molar-refractivity contribution in [2.24, 2.45) is 0 Å². The number of hydrogen-bond acceptors (Lipinski definition) is 4. The molecule has 0 aromatic heterocycles. The Morgan fingerprint density at radius 3 is 2.61 bits per heavy atom. The van der Waals surface area contributed by atoms with Gasteiger partial charge in [0.15, 0.2) is 5.75 Å². The summed E-state index contributed by atoms with van der Waals surface area (Å²) in [7, 11) is 0. The lowest BCUT2D eigenvalue weighted by Crippen LogP contribution is -2.12. The van der Waals surface area contributed by atoms with Crippen molar-refractivity contribution in [3.05, 3.63) is 54.1 Å². The molecule has 1 amide bonds. The highest BCUT2D eigenvalue weighted by molar-refractivity contribution is 5.94. The van der Waals surface area contributed by atoms with Crippen LogP contribution < -0.4 is 14.8 Å². The van der Waals surface area contributed by atoms with Crippen LogP contribution in [0.5, 0.6) is 11.5 Å². The monoisotopic (exact) mass is 313 g/mol. The maximum Gasteiger partial charge on any atom is 0.343 e. The Labute approximate surface area is 135 Å². The fourth-order valence-electron chi connectivity index (χ4n) is 1.94. The van der Waals surface area contributed by atoms with E-state index in [1.807, 2.05) is 6.92 Å². The summed E-state index contributed by atoms with van der Waals surface area (Å²) in [6, 6.07) is 13.6. The summed E-state index contributed by atoms with van der Waals surface area (Å²) in [4.78, 5) is 23.5. The lowest BCUT2D eigenvalue weighted by atomic mass is 10.2. The molecule has 5 nitrogen and oxygen atoms in total. The molecule has 0 fully saturated rings. The minimum atomic E-state index is -0.509. The number of rotatable bonds is 6. The smallest absolute Gasteiger partial charge is 0.343 e. The molecule has 2 aromatic carbocycles. The number of carbonyl (C=O) groups is 2. The van der Waals surface area contributed by atoms with E-state index >= 15 is 0 Å². The molecular weight excluding hydrogens is 294 g/mol. The van der Waals surface area contributed by atoms with Crippen molar-refractivity contribution >= 4 is 17.6 Å². The first-order chi connectivity index (χ1) is 11.1. The predicted molar refractivity (Wildman–Crippen MR) is 87.9 cm³/mol. The zero-order chi connectivity index (χ0) is 16.7. The summed E-state index contributed by atoms with van der Waals surface area (Å²) in [5.41, 5.74) is 0.836. The van der Waals surface area contributed by atoms with Gasteiger partial charge >= 0.3 is 5.97 Å². The molecule has 0 atom stereocenters. The Kier molecular flexibility index (Phi) is 5.74. The molecule has 0 aliphatic rings. The summed E-state index contributed by atoms with van der Waals surface area (Å²) in [5.74, 6) is 0.178. The van der Waals surface area contributed by atoms with Crippen molar-refractivity contribution in [3.63, 3.8) is 0 Å². The molecule has 0 aliphatic heterocycles. The first kappa shape index (κ1) is 16.5. The number of para-hydroxylation sites is 2. The van der Waals surface area contributed by atoms with E-state index in [0.717, 1.165) is 6.42 Å². The van der Waals surface area contributed by atoms with E-state index in [9.17, 15) is 9.59 Å². The Balaban J connectivity index is 2.14. The Bertz CT molecular complexity index is 697. The van der Waals surface area contributed by atoms with E-state index in [4.69, 9.17) is 9.47 Å². The van der Waals surface area contributed by atoms with Gasteiger partial charge in [0, 0.05) is 6.92 Å². The van der Waals surface area contributed by atoms with Crippen LogP contribution in [-0.4, -0.2) is 18.5 Å². The number of carbonyl (C=O) groups excluding carboxylic acids is 2. The van der Waals surface area contributed by atoms with Crippen LogP contribution in [0, 0.1) is 0 Å². The average Bonchev–Trinajstić information content (AvgIpc) is 2.54. The van der Waals surface area contributed by atoms with Crippen LogP contribution in [0.15, 0.2) is 48.5 Å². The van der Waals surface area contributed by atoms with Crippen molar-refractivity contribution in [2.75, 3.05) is 11.9 Å². The molecule has 0 radical (unpaired) electrons. The van der Waals surface area contributed by atoms with Crippen LogP contribution >= 0.6 is 0 Å². The number of nitrogens with one attached hydrogen (secondary N) is 1. The van der Waals surface area contributed by atoms with Crippen LogP contribution in [0.25, 0.3) is 0 Å². The summed E-state index contributed by atoms with van der Waals surface area (Å²) < 4.78 is 10.9. The van der Waals surface area contributed by atoms with E-state index in [1.54, 1.807) is 48.5 Å². The van der Waals surface area contributed by atoms with E-state index in [0.29, 0.717) is 29.4 Å². The Hall–Kier alpha value is -2.82. The van der Waals surface area contributed by atoms with Gasteiger partial charge in [-0.2, -0.15) is 0 Å². The fraction of sp³-hybridized carbons (Fsp3) is 0.222. The average molecular weight is 313 g/mol. The van der Waals surface area contributed by atoms with E-state index in [-0.39, 0.29) is 5.91 Å². The first-order valence-corrected chi connectivity index (χ1v) is 7.42. The zero-order valence-corrected chi connectivity index (χ0v) is 13.2. The van der Waals surface area contributed by atoms with Crippen LogP contribution in [0.1, 0.15) is 30.6 Å². The highest BCUT2D eigenvalue weighted by atomic mass is 16.5. The maximum absolute atomic E-state index is 12.3. The molecule has 0 spiro atoms. The Morgan fingerprint density at radius 2 is 1.87 bits per heavy atom. The molecule has 0 heterocycles. The third-order valence-corrected chi connectivity index (χ3v) is 2.94. The summed E-state index contributed by atoms with van der Waals surface area (Å²) >= 11 is 0. The van der Waals surface area contributed by atoms with Gasteiger partial charge in [0.05, 0.1) is 17.9 Å². The minimum Gasteiger partial charge on any atom is -0.494 e. The third-order valence-electron chi connectivity index (χ3n) is 2.94. The molecular formula is C18H19NO4. The quantitative estimate of drug-likeness (QED) is 0.653. The van der Waals surface area contributed by atoms with Crippen molar-refractivity contribution < 1.29 is 19.1 Å². The summed E-state index contributed by atoms with van der Waals surface area (Å²) in [6.07, 6.45) is 0.888. The van der Waals surface area contributed by atoms with Crippen molar-refractivity contribution in [1.82, 2.24) is 0 Å². The van der Waals surface area contributed by atoms with Crippen LogP contribution in [0.2, 0.25) is 0 Å². The summed E-state index contributed by atoms with van der Waals surface area (Å²) in [5, 5.41) is 2.63. The molecule has 0 saturated heterocycles. The molecule has 0 bridgehead atoms. The van der Waals surface area contributed by atoms with E-state index in [1.165, 1.54) is 6.92 Å². The number of esters is 1. The largest absolute Gasteiger partial charge is 0.494 e. The SMILES string of the molecule is CCCOc1cccc(C(=O)Oc2ccccc2NC(C)=O)c1. The van der Waals surface area contributed by atoms with Gasteiger partial charge in [-0.05, 0) is 36.8 Å². The fourth-order valence-corrected chi connectivity index (χ4v) is 1.94. The lowest BCUT2D eigenvalue weighted by Gasteiger charge is -2.11. The Morgan fingerprint density at radius 1 is 1.09 bits per heavy atom. The van der Waals surface area contributed by atoms with Gasteiger partial charge in [-0.1, -0.05) is 25.1 Å². The van der Waals surface area contributed by atoms with E-state index in [2.05, 4.69) is 5.32 Å². The van der Waals surface area contributed by atoms with Crippen molar-refractivity contribution in [1.29, 1.82) is 0 Å². The summed E-state index contributed by atoms with van der Waals surface area (Å²) in [6.45, 7) is 3.99. The zero-order valence-electron chi connectivity index (χ0n) is 13.2. The normalized spacial score (nSPS) is 10.0. The van der Waals surface area contributed by atoms with Crippen molar-refractivity contribution in [3.8, 4) is 11.5 Å². The molecule has 0 unspecified atom stereocenters. The number of amides is 1. The highest BCUT2D eigenvalue weighted by Crippen LogP contribution is 2.25. The van der Waals surface area contributed by atoms with Gasteiger partial charge in [-0.3, -0.25) is 4.79 Å². The molecule has 23 heavy (non-hydrogen) atoms. The lowest BCUT2D eigenvalue weighted by molar-refractivity contribution is -0.114. The van der Waals surface area contributed by atoms with Gasteiger partial charge in [0.25, 0.3) is 0 Å². The molecule has 5 heteroatoms. The van der Waals surface area contributed by atoms with Gasteiger partial charge in [-0.15, -0.1) is 0 Å². The standard InChI is InChI=1S/C18H19NO4/c1-3-11-22-15-8-6-7-14(12-15)18(21)23-17-10-5-4-9-16(17)19-13(2)20/h4-10,12H,3,11H2,1-2H3,(H,19,20). The molecule has 2 rings (SSSR count). The second-order valence-electron chi connectivity index (χ2n) is 4.94. The molecule has 2 aromatic rings. The maximum atomic E-state index is 12.3. The number of anilines is 1. The second kappa shape index (κ2) is 7.98. The number of benzene rings is 2. The predicted octanol–water partition coefficient (Wildman–Crippen LogP) is 3.65. The third kappa shape index (κ3) is 4.85. The minimum absolute atomic E-state index is 0.233. The van der Waals surface area contributed by atoms with Crippen LogP contribution in [-0.2, 0) is 4.79 Å². The van der Waals surface area contributed by atoms with E-state index < -0.39 is 5.97 Å². The van der Waals surface area contributed by atoms with Gasteiger partial charge < -0.3 is 14.8 Å². The highest BCUT2D eigenvalue weighted by Gasteiger charge is 2.13. The topological polar surface area (TPSA) is 64.6 Å². The van der Waals surface area contributed by atoms with Crippen LogP contribution in [0.3, 0.4) is 0 Å². The second-order valence-corrected chi connectivity index (χ2v) is 4.94. The molecule has 120 valence electrons. The van der Waals surface area contributed by atoms with Crippen LogP contribution in [0.4, 0.5) is 5.69 Å². The van der Waals surface area contributed by atoms with Crippen molar-refractivity contribution in [2.45, 2.75) is 20.3 Å². The first-order valence-electron chi connectivity index (χ1n) is 7.42. The number of hydrogen-bond donors (Lipinski definition) is 1. The van der Waals surface area contributed by atoms with Gasteiger partial charge in [0.2, 0.25) is 5.91 Å².